The Bertz CT molecular complexity index is 978. The van der Waals surface area contributed by atoms with Crippen LogP contribution >= 0.6 is 24.0 Å². The van der Waals surface area contributed by atoms with E-state index in [1.807, 2.05) is 12.1 Å². The standard InChI is InChI=1S/C23H30N4O3.HI/c1-24-23(25-11-7-12-27-13-10-18-8-5-6-9-19(18)27)26-16-17-14-20(28-2)22(30-4)21(15-17)29-3;/h5-6,8-10,13-15H,7,11-12,16H2,1-4H3,(H2,24,25,26);1H. The second-order valence-electron chi connectivity index (χ2n) is 6.81. The van der Waals surface area contributed by atoms with Crippen LogP contribution in [0, 0.1) is 0 Å². The van der Waals surface area contributed by atoms with Gasteiger partial charge in [-0.1, -0.05) is 18.2 Å². The Balaban J connectivity index is 0.00000341. The summed E-state index contributed by atoms with van der Waals surface area (Å²) < 4.78 is 18.5. The van der Waals surface area contributed by atoms with E-state index in [2.05, 4.69) is 56.7 Å². The number of ether oxygens (including phenoxy) is 3. The van der Waals surface area contributed by atoms with Gasteiger partial charge in [0.15, 0.2) is 17.5 Å². The van der Waals surface area contributed by atoms with Crippen LogP contribution in [0.15, 0.2) is 53.7 Å². The molecule has 0 amide bonds. The minimum atomic E-state index is 0. The zero-order valence-electron chi connectivity index (χ0n) is 18.5. The van der Waals surface area contributed by atoms with Gasteiger partial charge in [0, 0.05) is 38.4 Å². The van der Waals surface area contributed by atoms with E-state index < -0.39 is 0 Å². The van der Waals surface area contributed by atoms with Crippen LogP contribution in [0.25, 0.3) is 10.9 Å². The highest BCUT2D eigenvalue weighted by molar-refractivity contribution is 14.0. The third-order valence-electron chi connectivity index (χ3n) is 4.96. The van der Waals surface area contributed by atoms with Crippen LogP contribution in [-0.4, -0.2) is 45.4 Å². The molecule has 0 bridgehead atoms. The number of aryl methyl sites for hydroxylation is 1. The summed E-state index contributed by atoms with van der Waals surface area (Å²) in [5, 5.41) is 7.97. The van der Waals surface area contributed by atoms with Crippen molar-refractivity contribution in [3.63, 3.8) is 0 Å². The lowest BCUT2D eigenvalue weighted by Gasteiger charge is -2.16. The Kier molecular flexibility index (Phi) is 9.77. The van der Waals surface area contributed by atoms with Gasteiger partial charge >= 0.3 is 0 Å². The molecule has 0 atom stereocenters. The zero-order chi connectivity index (χ0) is 21.3. The Morgan fingerprint density at radius 3 is 2.32 bits per heavy atom. The van der Waals surface area contributed by atoms with E-state index in [0.29, 0.717) is 23.8 Å². The molecule has 7 nitrogen and oxygen atoms in total. The molecular weight excluding hydrogens is 507 g/mol. The molecule has 1 aromatic heterocycles. The zero-order valence-corrected chi connectivity index (χ0v) is 20.8. The number of methoxy groups -OCH3 is 3. The highest BCUT2D eigenvalue weighted by atomic mass is 127. The summed E-state index contributed by atoms with van der Waals surface area (Å²) in [6.07, 6.45) is 3.13. The number of rotatable bonds is 9. The van der Waals surface area contributed by atoms with Gasteiger partial charge in [-0.3, -0.25) is 4.99 Å². The molecule has 0 aliphatic heterocycles. The molecule has 0 radical (unpaired) electrons. The van der Waals surface area contributed by atoms with Crippen molar-refractivity contribution in [3.05, 3.63) is 54.2 Å². The van der Waals surface area contributed by atoms with Crippen LogP contribution in [0.1, 0.15) is 12.0 Å². The molecule has 31 heavy (non-hydrogen) atoms. The monoisotopic (exact) mass is 538 g/mol. The number of nitrogens with zero attached hydrogens (tertiary/aromatic N) is 2. The van der Waals surface area contributed by atoms with Crippen LogP contribution < -0.4 is 24.8 Å². The number of benzene rings is 2. The first-order chi connectivity index (χ1) is 14.7. The molecule has 2 aromatic carbocycles. The number of nitrogens with one attached hydrogen (secondary N) is 2. The van der Waals surface area contributed by atoms with E-state index in [1.54, 1.807) is 28.4 Å². The van der Waals surface area contributed by atoms with Crippen LogP contribution in [0.3, 0.4) is 0 Å². The van der Waals surface area contributed by atoms with Crippen molar-refractivity contribution in [2.45, 2.75) is 19.5 Å². The molecule has 0 saturated heterocycles. The van der Waals surface area contributed by atoms with Crippen LogP contribution in [0.4, 0.5) is 0 Å². The summed E-state index contributed by atoms with van der Waals surface area (Å²) in [5.74, 6) is 2.61. The molecule has 8 heteroatoms. The van der Waals surface area contributed by atoms with Gasteiger partial charge in [-0.25, -0.2) is 0 Å². The first-order valence-electron chi connectivity index (χ1n) is 9.97. The van der Waals surface area contributed by atoms with Gasteiger partial charge in [-0.2, -0.15) is 0 Å². The first kappa shape index (κ1) is 24.6. The minimum absolute atomic E-state index is 0. The van der Waals surface area contributed by atoms with Gasteiger partial charge in [0.1, 0.15) is 0 Å². The van der Waals surface area contributed by atoms with Gasteiger partial charge in [-0.05, 0) is 41.6 Å². The maximum absolute atomic E-state index is 5.42. The fourth-order valence-electron chi connectivity index (χ4n) is 3.44. The molecule has 0 aliphatic rings. The van der Waals surface area contributed by atoms with Crippen molar-refractivity contribution in [1.29, 1.82) is 0 Å². The Morgan fingerprint density at radius 2 is 1.68 bits per heavy atom. The molecule has 0 aliphatic carbocycles. The number of hydrogen-bond acceptors (Lipinski definition) is 4. The topological polar surface area (TPSA) is 69.0 Å². The van der Waals surface area contributed by atoms with Crippen LogP contribution in [-0.2, 0) is 13.1 Å². The molecule has 0 unspecified atom stereocenters. The maximum Gasteiger partial charge on any atom is 0.203 e. The molecular formula is C23H31IN4O3. The van der Waals surface area contributed by atoms with E-state index in [4.69, 9.17) is 14.2 Å². The number of fused-ring (bicyclic) bond motifs is 1. The Morgan fingerprint density at radius 1 is 0.968 bits per heavy atom. The number of hydrogen-bond donors (Lipinski definition) is 2. The van der Waals surface area contributed by atoms with E-state index >= 15 is 0 Å². The molecule has 2 N–H and O–H groups in total. The second-order valence-corrected chi connectivity index (χ2v) is 6.81. The van der Waals surface area contributed by atoms with Crippen molar-refractivity contribution in [2.24, 2.45) is 4.99 Å². The second kappa shape index (κ2) is 12.3. The highest BCUT2D eigenvalue weighted by Gasteiger charge is 2.13. The predicted octanol–water partition coefficient (Wildman–Crippen LogP) is 4.04. The summed E-state index contributed by atoms with van der Waals surface area (Å²) >= 11 is 0. The SMILES string of the molecule is CN=C(NCCCn1ccc2ccccc21)NCc1cc(OC)c(OC)c(OC)c1.I. The highest BCUT2D eigenvalue weighted by Crippen LogP contribution is 2.38. The first-order valence-corrected chi connectivity index (χ1v) is 9.97. The van der Waals surface area contributed by atoms with Crippen LogP contribution in [0.5, 0.6) is 17.2 Å². The summed E-state index contributed by atoms with van der Waals surface area (Å²) in [7, 11) is 6.59. The third-order valence-corrected chi connectivity index (χ3v) is 4.96. The van der Waals surface area contributed by atoms with Crippen molar-refractivity contribution < 1.29 is 14.2 Å². The summed E-state index contributed by atoms with van der Waals surface area (Å²) in [5.41, 5.74) is 2.27. The number of aromatic nitrogens is 1. The third kappa shape index (κ3) is 6.19. The van der Waals surface area contributed by atoms with Gasteiger partial charge in [0.25, 0.3) is 0 Å². The lowest BCUT2D eigenvalue weighted by molar-refractivity contribution is 0.323. The fraction of sp³-hybridized carbons (Fsp3) is 0.348. The summed E-state index contributed by atoms with van der Waals surface area (Å²) in [4.78, 5) is 4.31. The van der Waals surface area contributed by atoms with E-state index in [-0.39, 0.29) is 24.0 Å². The number of para-hydroxylation sites is 1. The summed E-state index contributed by atoms with van der Waals surface area (Å²) in [6, 6.07) is 14.4. The average molecular weight is 538 g/mol. The molecule has 0 spiro atoms. The van der Waals surface area contributed by atoms with Gasteiger partial charge in [0.2, 0.25) is 5.75 Å². The van der Waals surface area contributed by atoms with Gasteiger partial charge in [0.05, 0.1) is 21.3 Å². The molecule has 0 fully saturated rings. The van der Waals surface area contributed by atoms with E-state index in [0.717, 1.165) is 31.0 Å². The Hall–Kier alpha value is -2.62. The minimum Gasteiger partial charge on any atom is -0.493 e. The van der Waals surface area contributed by atoms with Crippen molar-refractivity contribution in [2.75, 3.05) is 34.9 Å². The summed E-state index contributed by atoms with van der Waals surface area (Å²) in [6.45, 7) is 2.35. The van der Waals surface area contributed by atoms with Crippen molar-refractivity contribution in [1.82, 2.24) is 15.2 Å². The number of halogens is 1. The molecule has 0 saturated carbocycles. The average Bonchev–Trinajstić information content (AvgIpc) is 3.20. The van der Waals surface area contributed by atoms with Crippen molar-refractivity contribution >= 4 is 40.8 Å². The number of guanidine groups is 1. The predicted molar refractivity (Wildman–Crippen MR) is 136 cm³/mol. The van der Waals surface area contributed by atoms with Crippen LogP contribution in [0.2, 0.25) is 0 Å². The largest absolute Gasteiger partial charge is 0.493 e. The fourth-order valence-corrected chi connectivity index (χ4v) is 3.44. The maximum atomic E-state index is 5.42. The molecule has 3 rings (SSSR count). The Labute approximate surface area is 200 Å². The molecule has 168 valence electrons. The number of aliphatic imine (C=N–C) groups is 1. The smallest absolute Gasteiger partial charge is 0.203 e. The van der Waals surface area contributed by atoms with E-state index in [1.165, 1.54) is 10.9 Å². The normalized spacial score (nSPS) is 11.0. The molecule has 1 heterocycles. The van der Waals surface area contributed by atoms with Gasteiger partial charge in [-0.15, -0.1) is 24.0 Å². The lowest BCUT2D eigenvalue weighted by Crippen LogP contribution is -2.37. The van der Waals surface area contributed by atoms with E-state index in [9.17, 15) is 0 Å². The lowest BCUT2D eigenvalue weighted by atomic mass is 10.2. The molecule has 3 aromatic rings. The van der Waals surface area contributed by atoms with Gasteiger partial charge < -0.3 is 29.4 Å². The quantitative estimate of drug-likeness (QED) is 0.186. The van der Waals surface area contributed by atoms with Crippen molar-refractivity contribution in [3.8, 4) is 17.2 Å².